The molecule has 0 atom stereocenters. The average Bonchev–Trinajstić information content (AvgIpc) is 1.49. The van der Waals surface area contributed by atoms with Gasteiger partial charge >= 0.3 is 6.09 Å². The van der Waals surface area contributed by atoms with Crippen LogP contribution in [0.3, 0.4) is 0 Å². The highest BCUT2D eigenvalue weighted by atomic mass is 28.4. The molecule has 0 aliphatic carbocycles. The van der Waals surface area contributed by atoms with Crippen molar-refractivity contribution in [1.29, 1.82) is 0 Å². The van der Waals surface area contributed by atoms with Gasteiger partial charge in [0.1, 0.15) is 16.5 Å². The third-order valence-electron chi connectivity index (χ3n) is 1.53. The van der Waals surface area contributed by atoms with E-state index < -0.39 is 22.6 Å². The first-order chi connectivity index (χ1) is 5.07. The van der Waals surface area contributed by atoms with Crippen LogP contribution in [0.5, 0.6) is 0 Å². The Morgan fingerprint density at radius 2 is 1.25 bits per heavy atom. The van der Waals surface area contributed by atoms with E-state index in [0.29, 0.717) is 0 Å². The number of rotatable bonds is 2. The van der Waals surface area contributed by atoms with Crippen molar-refractivity contribution in [1.82, 2.24) is 4.23 Å². The first kappa shape index (κ1) is 11.7. The first-order valence-electron chi connectivity index (χ1n) is 4.10. The van der Waals surface area contributed by atoms with Crippen molar-refractivity contribution in [2.75, 3.05) is 0 Å². The molecule has 0 bridgehead atoms. The molecule has 1 amide bonds. The van der Waals surface area contributed by atoms with Crippen molar-refractivity contribution >= 4 is 22.6 Å². The summed E-state index contributed by atoms with van der Waals surface area (Å²) >= 11 is 0. The minimum absolute atomic E-state index is 0.742. The molecule has 0 aromatic rings. The molecule has 0 radical (unpaired) electrons. The lowest BCUT2D eigenvalue weighted by molar-refractivity contribution is 0.184. The highest BCUT2D eigenvalue weighted by molar-refractivity contribution is 6.92. The van der Waals surface area contributed by atoms with E-state index in [1.54, 1.807) is 4.23 Å². The van der Waals surface area contributed by atoms with Crippen LogP contribution >= 0.6 is 0 Å². The van der Waals surface area contributed by atoms with Gasteiger partial charge in [-0.1, -0.05) is 39.3 Å². The quantitative estimate of drug-likeness (QED) is 0.704. The first-order valence-corrected chi connectivity index (χ1v) is 11.0. The van der Waals surface area contributed by atoms with Gasteiger partial charge in [-0.25, -0.2) is 4.79 Å². The SMILES string of the molecule is C[Si](C)(C)N(C(=O)O)[Si](C)(C)C. The van der Waals surface area contributed by atoms with E-state index in [0.717, 1.165) is 0 Å². The van der Waals surface area contributed by atoms with Crippen LogP contribution in [0.15, 0.2) is 0 Å². The fraction of sp³-hybridized carbons (Fsp3) is 0.857. The number of carboxylic acid groups (broad SMARTS) is 1. The van der Waals surface area contributed by atoms with Crippen LogP contribution in [0.4, 0.5) is 4.79 Å². The van der Waals surface area contributed by atoms with Crippen LogP contribution in [-0.4, -0.2) is 31.9 Å². The highest BCUT2D eigenvalue weighted by Gasteiger charge is 2.37. The fourth-order valence-electron chi connectivity index (χ4n) is 1.58. The van der Waals surface area contributed by atoms with Crippen LogP contribution in [0.1, 0.15) is 0 Å². The number of carbonyl (C=O) groups is 1. The molecule has 0 aromatic heterocycles. The summed E-state index contributed by atoms with van der Waals surface area (Å²) in [5.74, 6) is 0. The zero-order chi connectivity index (χ0) is 10.2. The molecule has 0 rings (SSSR count). The molecule has 0 fully saturated rings. The van der Waals surface area contributed by atoms with Crippen molar-refractivity contribution < 1.29 is 9.90 Å². The van der Waals surface area contributed by atoms with Crippen LogP contribution in [0.25, 0.3) is 0 Å². The van der Waals surface area contributed by atoms with Gasteiger partial charge in [-0.05, 0) is 0 Å². The van der Waals surface area contributed by atoms with Gasteiger partial charge in [0.05, 0.1) is 0 Å². The summed E-state index contributed by atoms with van der Waals surface area (Å²) < 4.78 is 1.74. The van der Waals surface area contributed by atoms with Gasteiger partial charge in [-0.2, -0.15) is 0 Å². The molecule has 0 saturated heterocycles. The molecule has 0 aliphatic heterocycles. The van der Waals surface area contributed by atoms with Gasteiger partial charge < -0.3 is 9.34 Å². The second kappa shape index (κ2) is 3.22. The lowest BCUT2D eigenvalue weighted by Gasteiger charge is -2.41. The zero-order valence-corrected chi connectivity index (χ0v) is 10.8. The van der Waals surface area contributed by atoms with Crippen LogP contribution in [0, 0.1) is 0 Å². The molecule has 0 spiro atoms. The van der Waals surface area contributed by atoms with E-state index in [-0.39, 0.29) is 0 Å². The maximum atomic E-state index is 11.0. The van der Waals surface area contributed by atoms with E-state index in [1.165, 1.54) is 0 Å². The predicted octanol–water partition coefficient (Wildman–Crippen LogP) is 2.64. The van der Waals surface area contributed by atoms with E-state index in [2.05, 4.69) is 39.3 Å². The minimum atomic E-state index is -1.69. The molecule has 3 nitrogen and oxygen atoms in total. The lowest BCUT2D eigenvalue weighted by atomic mass is 11.3. The summed E-state index contributed by atoms with van der Waals surface area (Å²) in [5, 5.41) is 9.04. The van der Waals surface area contributed by atoms with E-state index >= 15 is 0 Å². The molecular weight excluding hydrogens is 186 g/mol. The van der Waals surface area contributed by atoms with Crippen molar-refractivity contribution in [2.24, 2.45) is 0 Å². The van der Waals surface area contributed by atoms with E-state index in [9.17, 15) is 4.79 Å². The zero-order valence-electron chi connectivity index (χ0n) is 8.80. The number of hydrogen-bond donors (Lipinski definition) is 1. The second-order valence-corrected chi connectivity index (χ2v) is 15.0. The molecule has 72 valence electrons. The predicted molar refractivity (Wildman–Crippen MR) is 56.6 cm³/mol. The third-order valence-corrected chi connectivity index (χ3v) is 8.62. The highest BCUT2D eigenvalue weighted by Crippen LogP contribution is 2.19. The van der Waals surface area contributed by atoms with Gasteiger partial charge in [-0.15, -0.1) is 0 Å². The van der Waals surface area contributed by atoms with Gasteiger partial charge in [0.2, 0.25) is 0 Å². The Morgan fingerprint density at radius 1 is 1.00 bits per heavy atom. The van der Waals surface area contributed by atoms with Crippen molar-refractivity contribution in [3.05, 3.63) is 0 Å². The van der Waals surface area contributed by atoms with Crippen molar-refractivity contribution in [3.8, 4) is 0 Å². The monoisotopic (exact) mass is 205 g/mol. The normalized spacial score (nSPS) is 12.8. The Balaban J connectivity index is 4.82. The summed E-state index contributed by atoms with van der Waals surface area (Å²) in [6, 6.07) is 0. The van der Waals surface area contributed by atoms with E-state index in [1.807, 2.05) is 0 Å². The molecule has 0 unspecified atom stereocenters. The molecule has 5 heteroatoms. The summed E-state index contributed by atoms with van der Waals surface area (Å²) in [4.78, 5) is 11.0. The number of amides is 1. The molecule has 0 aromatic carbocycles. The molecule has 0 heterocycles. The Kier molecular flexibility index (Phi) is 3.14. The van der Waals surface area contributed by atoms with Crippen molar-refractivity contribution in [2.45, 2.75) is 39.3 Å². The summed E-state index contributed by atoms with van der Waals surface area (Å²) in [6.45, 7) is 12.4. The van der Waals surface area contributed by atoms with Gasteiger partial charge in [0.25, 0.3) is 0 Å². The Hall–Kier alpha value is -0.296. The average molecular weight is 205 g/mol. The Morgan fingerprint density at radius 3 is 1.25 bits per heavy atom. The molecule has 0 saturated carbocycles. The Bertz CT molecular complexity index is 167. The largest absolute Gasteiger partial charge is 0.466 e. The maximum Gasteiger partial charge on any atom is 0.391 e. The lowest BCUT2D eigenvalue weighted by Crippen LogP contribution is -2.61. The van der Waals surface area contributed by atoms with Crippen LogP contribution in [-0.2, 0) is 0 Å². The summed E-state index contributed by atoms with van der Waals surface area (Å²) in [6.07, 6.45) is -0.742. The fourth-order valence-corrected chi connectivity index (χ4v) is 10.8. The molecule has 0 aliphatic rings. The van der Waals surface area contributed by atoms with E-state index in [4.69, 9.17) is 5.11 Å². The Labute approximate surface area is 76.6 Å². The summed E-state index contributed by atoms with van der Waals surface area (Å²) in [7, 11) is -3.38. The second-order valence-electron chi connectivity index (χ2n) is 4.96. The third kappa shape index (κ3) is 2.98. The molecular formula is C7H19NO2Si2. The van der Waals surface area contributed by atoms with Crippen molar-refractivity contribution in [3.63, 3.8) is 0 Å². The van der Waals surface area contributed by atoms with Gasteiger partial charge in [0.15, 0.2) is 0 Å². The number of nitrogens with zero attached hydrogens (tertiary/aromatic N) is 1. The molecule has 12 heavy (non-hydrogen) atoms. The minimum Gasteiger partial charge on any atom is -0.466 e. The van der Waals surface area contributed by atoms with Crippen LogP contribution in [0.2, 0.25) is 39.3 Å². The molecule has 1 N–H and O–H groups in total. The van der Waals surface area contributed by atoms with Crippen LogP contribution < -0.4 is 0 Å². The van der Waals surface area contributed by atoms with Gasteiger partial charge in [-0.3, -0.25) is 0 Å². The smallest absolute Gasteiger partial charge is 0.391 e. The maximum absolute atomic E-state index is 11.0. The topological polar surface area (TPSA) is 40.5 Å². The number of hydrogen-bond acceptors (Lipinski definition) is 1. The van der Waals surface area contributed by atoms with Gasteiger partial charge in [0, 0.05) is 0 Å². The standard InChI is InChI=1S/C7H19NO2Si2/c1-11(2,3)8(7(9)10)12(4,5)6/h1-6H3,(H,9,10). The summed E-state index contributed by atoms with van der Waals surface area (Å²) in [5.41, 5.74) is 0.